The van der Waals surface area contributed by atoms with E-state index in [0.29, 0.717) is 22.0 Å². The molecule has 0 aliphatic heterocycles. The molecule has 1 unspecified atom stereocenters. The summed E-state index contributed by atoms with van der Waals surface area (Å²) in [6.07, 6.45) is 4.79. The summed E-state index contributed by atoms with van der Waals surface area (Å²) >= 11 is 7.30. The molecule has 27 heavy (non-hydrogen) atoms. The molecule has 1 atom stereocenters. The van der Waals surface area contributed by atoms with Gasteiger partial charge in [0.1, 0.15) is 10.6 Å². The molecule has 0 spiro atoms. The summed E-state index contributed by atoms with van der Waals surface area (Å²) in [5, 5.41) is 12.7. The number of carbonyl (C=O) groups excluding carboxylic acids is 1. The first kappa shape index (κ1) is 21.3. The molecule has 0 radical (unpaired) electrons. The van der Waals surface area contributed by atoms with Crippen LogP contribution in [0, 0.1) is 13.8 Å². The molecule has 7 nitrogen and oxygen atoms in total. The highest BCUT2D eigenvalue weighted by Gasteiger charge is 2.19. The SMILES string of the molecule is CC.Cc1noc(C)c1Cn1cc(NC(=O)c2scc(S(C)=O)c2Cl)cn1. The zero-order chi connectivity index (χ0) is 20.1. The number of aryl methyl sites for hydroxylation is 2. The Hall–Kier alpha value is -1.97. The molecule has 3 rings (SSSR count). The molecule has 10 heteroatoms. The van der Waals surface area contributed by atoms with Crippen molar-refractivity contribution in [3.63, 3.8) is 0 Å². The van der Waals surface area contributed by atoms with Crippen LogP contribution in [-0.2, 0) is 17.3 Å². The zero-order valence-electron chi connectivity index (χ0n) is 15.7. The van der Waals surface area contributed by atoms with Crippen molar-refractivity contribution in [1.82, 2.24) is 14.9 Å². The van der Waals surface area contributed by atoms with E-state index in [0.717, 1.165) is 28.4 Å². The summed E-state index contributed by atoms with van der Waals surface area (Å²) in [5.41, 5.74) is 2.31. The average Bonchev–Trinajstić information content (AvgIpc) is 3.32. The van der Waals surface area contributed by atoms with Gasteiger partial charge in [0.05, 0.1) is 44.8 Å². The van der Waals surface area contributed by atoms with Gasteiger partial charge in [-0.2, -0.15) is 5.10 Å². The molecular weight excluding hydrogens is 408 g/mol. The lowest BCUT2D eigenvalue weighted by molar-refractivity contribution is 0.103. The third kappa shape index (κ3) is 4.85. The first-order valence-electron chi connectivity index (χ1n) is 8.22. The maximum Gasteiger partial charge on any atom is 0.267 e. The van der Waals surface area contributed by atoms with Crippen molar-refractivity contribution in [2.45, 2.75) is 39.1 Å². The van der Waals surface area contributed by atoms with Crippen LogP contribution in [0.25, 0.3) is 0 Å². The minimum absolute atomic E-state index is 0.228. The number of nitrogens with zero attached hydrogens (tertiary/aromatic N) is 3. The van der Waals surface area contributed by atoms with Crippen molar-refractivity contribution in [3.8, 4) is 0 Å². The number of thiophene rings is 1. The van der Waals surface area contributed by atoms with E-state index in [1.54, 1.807) is 22.5 Å². The predicted molar refractivity (Wildman–Crippen MR) is 108 cm³/mol. The molecule has 0 bridgehead atoms. The van der Waals surface area contributed by atoms with Crippen LogP contribution in [-0.4, -0.2) is 31.3 Å². The number of anilines is 1. The normalized spacial score (nSPS) is 11.6. The Morgan fingerprint density at radius 2 is 2.11 bits per heavy atom. The Balaban J connectivity index is 0.00000126. The monoisotopic (exact) mass is 428 g/mol. The Labute approximate surface area is 169 Å². The topological polar surface area (TPSA) is 90.0 Å². The molecular formula is C17H21ClN4O3S2. The van der Waals surface area contributed by atoms with Crippen LogP contribution in [0.4, 0.5) is 5.69 Å². The van der Waals surface area contributed by atoms with Gasteiger partial charge < -0.3 is 9.84 Å². The van der Waals surface area contributed by atoms with E-state index in [4.69, 9.17) is 16.1 Å². The number of amides is 1. The van der Waals surface area contributed by atoms with Crippen LogP contribution >= 0.6 is 22.9 Å². The van der Waals surface area contributed by atoms with Gasteiger partial charge in [0.25, 0.3) is 5.91 Å². The van der Waals surface area contributed by atoms with Crippen LogP contribution in [0.1, 0.15) is 40.5 Å². The van der Waals surface area contributed by atoms with Gasteiger partial charge in [0.15, 0.2) is 0 Å². The molecule has 0 aliphatic carbocycles. The summed E-state index contributed by atoms with van der Waals surface area (Å²) in [6, 6.07) is 0. The fraction of sp³-hybridized carbons (Fsp3) is 0.353. The Bertz CT molecular complexity index is 942. The van der Waals surface area contributed by atoms with Crippen molar-refractivity contribution in [3.05, 3.63) is 44.7 Å². The van der Waals surface area contributed by atoms with Gasteiger partial charge in [-0.15, -0.1) is 11.3 Å². The maximum absolute atomic E-state index is 12.4. The summed E-state index contributed by atoms with van der Waals surface area (Å²) < 4.78 is 18.4. The Morgan fingerprint density at radius 1 is 1.41 bits per heavy atom. The molecule has 0 fully saturated rings. The van der Waals surface area contributed by atoms with Crippen molar-refractivity contribution in [2.75, 3.05) is 11.6 Å². The third-order valence-electron chi connectivity index (χ3n) is 3.61. The van der Waals surface area contributed by atoms with Gasteiger partial charge in [-0.25, -0.2) is 0 Å². The average molecular weight is 429 g/mol. The standard InChI is InChI=1S/C15H15ClN4O3S2.C2H6/c1-8-11(9(2)23-19-8)6-20-5-10(4-17-20)18-15(21)14-13(16)12(7-24-14)25(3)22;1-2/h4-5,7H,6H2,1-3H3,(H,18,21);1-2H3. The lowest BCUT2D eigenvalue weighted by Gasteiger charge is -2.02. The van der Waals surface area contributed by atoms with Crippen LogP contribution < -0.4 is 5.32 Å². The van der Waals surface area contributed by atoms with Crippen LogP contribution in [0.5, 0.6) is 0 Å². The Kier molecular flexibility index (Phi) is 7.34. The van der Waals surface area contributed by atoms with E-state index in [2.05, 4.69) is 15.6 Å². The fourth-order valence-electron chi connectivity index (χ4n) is 2.27. The van der Waals surface area contributed by atoms with Crippen LogP contribution in [0.15, 0.2) is 27.2 Å². The van der Waals surface area contributed by atoms with E-state index in [9.17, 15) is 9.00 Å². The zero-order valence-corrected chi connectivity index (χ0v) is 18.1. The number of hydrogen-bond donors (Lipinski definition) is 1. The number of halogens is 1. The highest BCUT2D eigenvalue weighted by atomic mass is 35.5. The largest absolute Gasteiger partial charge is 0.361 e. The highest BCUT2D eigenvalue weighted by molar-refractivity contribution is 7.84. The summed E-state index contributed by atoms with van der Waals surface area (Å²) in [6.45, 7) is 8.21. The smallest absolute Gasteiger partial charge is 0.267 e. The first-order chi connectivity index (χ1) is 12.9. The molecule has 3 aromatic heterocycles. The Morgan fingerprint density at radius 3 is 2.67 bits per heavy atom. The number of hydrogen-bond acceptors (Lipinski definition) is 6. The van der Waals surface area contributed by atoms with Gasteiger partial charge in [0, 0.05) is 23.4 Å². The molecule has 0 aliphatic rings. The maximum atomic E-state index is 12.4. The number of aromatic nitrogens is 3. The second kappa shape index (κ2) is 9.29. The van der Waals surface area contributed by atoms with Gasteiger partial charge in [0.2, 0.25) is 0 Å². The molecule has 1 N–H and O–H groups in total. The minimum Gasteiger partial charge on any atom is -0.361 e. The van der Waals surface area contributed by atoms with Gasteiger partial charge in [-0.05, 0) is 13.8 Å². The van der Waals surface area contributed by atoms with Gasteiger partial charge >= 0.3 is 0 Å². The highest BCUT2D eigenvalue weighted by Crippen LogP contribution is 2.30. The third-order valence-corrected chi connectivity index (χ3v) is 6.29. The second-order valence-electron chi connectivity index (χ2n) is 5.38. The molecule has 0 saturated heterocycles. The second-order valence-corrected chi connectivity index (χ2v) is 7.99. The van der Waals surface area contributed by atoms with Crippen LogP contribution in [0.2, 0.25) is 5.02 Å². The molecule has 0 aromatic carbocycles. The van der Waals surface area contributed by atoms with Gasteiger partial charge in [-0.3, -0.25) is 13.7 Å². The summed E-state index contributed by atoms with van der Waals surface area (Å²) in [4.78, 5) is 13.1. The van der Waals surface area contributed by atoms with Gasteiger partial charge in [-0.1, -0.05) is 30.6 Å². The summed E-state index contributed by atoms with van der Waals surface area (Å²) in [5.74, 6) is 0.382. The lowest BCUT2D eigenvalue weighted by Crippen LogP contribution is -2.10. The van der Waals surface area contributed by atoms with Crippen LogP contribution in [0.3, 0.4) is 0 Å². The molecule has 3 aromatic rings. The molecule has 0 saturated carbocycles. The van der Waals surface area contributed by atoms with Crippen molar-refractivity contribution in [1.29, 1.82) is 0 Å². The number of carbonyl (C=O) groups is 1. The minimum atomic E-state index is -1.23. The van der Waals surface area contributed by atoms with Crippen molar-refractivity contribution in [2.24, 2.45) is 0 Å². The first-order valence-corrected chi connectivity index (χ1v) is 11.0. The van der Waals surface area contributed by atoms with Crippen molar-refractivity contribution < 1.29 is 13.5 Å². The lowest BCUT2D eigenvalue weighted by atomic mass is 10.2. The molecule has 3 heterocycles. The van der Waals surface area contributed by atoms with Crippen molar-refractivity contribution >= 4 is 45.3 Å². The quantitative estimate of drug-likeness (QED) is 0.655. The summed E-state index contributed by atoms with van der Waals surface area (Å²) in [7, 11) is -1.23. The molecule has 146 valence electrons. The fourth-order valence-corrected chi connectivity index (χ4v) is 4.75. The predicted octanol–water partition coefficient (Wildman–Crippen LogP) is 4.27. The molecule has 1 amide bonds. The number of rotatable bonds is 5. The van der Waals surface area contributed by atoms with E-state index in [1.165, 1.54) is 6.26 Å². The number of nitrogens with one attached hydrogen (secondary N) is 1. The van der Waals surface area contributed by atoms with E-state index in [1.807, 2.05) is 27.7 Å². The van der Waals surface area contributed by atoms with E-state index in [-0.39, 0.29) is 10.9 Å². The van der Waals surface area contributed by atoms with E-state index >= 15 is 0 Å². The van der Waals surface area contributed by atoms with E-state index < -0.39 is 10.8 Å².